The Bertz CT molecular complexity index is 557. The fraction of sp³-hybridized carbons (Fsp3) is 0.429. The molecule has 0 aliphatic carbocycles. The minimum atomic E-state index is 0.249. The Labute approximate surface area is 123 Å². The third-order valence-corrected chi connectivity index (χ3v) is 3.16. The number of fused-ring (bicyclic) bond motifs is 1. The maximum atomic E-state index is 6.02. The number of ether oxygens (including phenoxy) is 2. The quantitative estimate of drug-likeness (QED) is 0.734. The van der Waals surface area contributed by atoms with Gasteiger partial charge in [0.2, 0.25) is 5.28 Å². The van der Waals surface area contributed by atoms with Crippen molar-refractivity contribution in [3.05, 3.63) is 29.5 Å². The summed E-state index contributed by atoms with van der Waals surface area (Å²) in [5.41, 5.74) is 0.835. The number of aromatic nitrogens is 2. The summed E-state index contributed by atoms with van der Waals surface area (Å²) >= 11 is 6.02. The molecule has 0 aliphatic heterocycles. The lowest BCUT2D eigenvalue weighted by Crippen LogP contribution is -2.31. The highest BCUT2D eigenvalue weighted by molar-refractivity contribution is 6.28. The normalized spacial score (nSPS) is 10.9. The van der Waals surface area contributed by atoms with Crippen molar-refractivity contribution in [3.8, 4) is 0 Å². The molecule has 1 aromatic carbocycles. The molecule has 2 rings (SSSR count). The van der Waals surface area contributed by atoms with Crippen LogP contribution < -0.4 is 4.90 Å². The van der Waals surface area contributed by atoms with E-state index in [0.717, 1.165) is 29.8 Å². The van der Waals surface area contributed by atoms with Gasteiger partial charge in [-0.2, -0.15) is 4.98 Å². The Morgan fingerprint density at radius 1 is 1.05 bits per heavy atom. The van der Waals surface area contributed by atoms with Gasteiger partial charge in [-0.25, -0.2) is 4.98 Å². The Morgan fingerprint density at radius 2 is 1.70 bits per heavy atom. The molecular formula is C14H18ClN3O2. The van der Waals surface area contributed by atoms with Crippen molar-refractivity contribution in [3.63, 3.8) is 0 Å². The van der Waals surface area contributed by atoms with Gasteiger partial charge in [0.25, 0.3) is 0 Å². The molecule has 0 N–H and O–H groups in total. The van der Waals surface area contributed by atoms with E-state index in [0.29, 0.717) is 13.2 Å². The SMILES string of the molecule is COCCN(CCOC)c1nc(Cl)nc2ccccc12. The van der Waals surface area contributed by atoms with Crippen molar-refractivity contribution < 1.29 is 9.47 Å². The predicted molar refractivity (Wildman–Crippen MR) is 80.5 cm³/mol. The van der Waals surface area contributed by atoms with Gasteiger partial charge in [0.15, 0.2) is 0 Å². The second-order valence-corrected chi connectivity index (χ2v) is 4.64. The van der Waals surface area contributed by atoms with E-state index < -0.39 is 0 Å². The number of rotatable bonds is 7. The summed E-state index contributed by atoms with van der Waals surface area (Å²) in [6.07, 6.45) is 0. The summed E-state index contributed by atoms with van der Waals surface area (Å²) in [5, 5.41) is 1.22. The monoisotopic (exact) mass is 295 g/mol. The van der Waals surface area contributed by atoms with Crippen LogP contribution in [-0.4, -0.2) is 50.5 Å². The maximum Gasteiger partial charge on any atom is 0.224 e. The lowest BCUT2D eigenvalue weighted by Gasteiger charge is -2.24. The minimum Gasteiger partial charge on any atom is -0.383 e. The van der Waals surface area contributed by atoms with E-state index in [-0.39, 0.29) is 5.28 Å². The summed E-state index contributed by atoms with van der Waals surface area (Å²) in [7, 11) is 3.36. The standard InChI is InChI=1S/C14H18ClN3O2/c1-19-9-7-18(8-10-20-2)13-11-5-3-4-6-12(11)16-14(15)17-13/h3-6H,7-10H2,1-2H3. The zero-order valence-electron chi connectivity index (χ0n) is 11.7. The van der Waals surface area contributed by atoms with Crippen LogP contribution in [-0.2, 0) is 9.47 Å². The molecule has 0 amide bonds. The molecule has 0 bridgehead atoms. The van der Waals surface area contributed by atoms with Gasteiger partial charge in [-0.3, -0.25) is 0 Å². The second-order valence-electron chi connectivity index (χ2n) is 4.31. The van der Waals surface area contributed by atoms with Crippen LogP contribution >= 0.6 is 11.6 Å². The molecule has 0 saturated carbocycles. The number of hydrogen-bond donors (Lipinski definition) is 0. The first-order chi connectivity index (χ1) is 9.76. The van der Waals surface area contributed by atoms with Gasteiger partial charge in [-0.1, -0.05) is 12.1 Å². The van der Waals surface area contributed by atoms with Gasteiger partial charge in [0.05, 0.1) is 18.7 Å². The summed E-state index contributed by atoms with van der Waals surface area (Å²) in [6.45, 7) is 2.66. The van der Waals surface area contributed by atoms with Crippen LogP contribution in [0.1, 0.15) is 0 Å². The van der Waals surface area contributed by atoms with Crippen LogP contribution in [0.2, 0.25) is 5.28 Å². The molecule has 5 nitrogen and oxygen atoms in total. The van der Waals surface area contributed by atoms with Gasteiger partial charge >= 0.3 is 0 Å². The van der Waals surface area contributed by atoms with Crippen LogP contribution in [0.15, 0.2) is 24.3 Å². The summed E-state index contributed by atoms with van der Waals surface area (Å²) in [4.78, 5) is 10.7. The van der Waals surface area contributed by atoms with Crippen molar-refractivity contribution in [1.82, 2.24) is 9.97 Å². The molecule has 0 saturated heterocycles. The second kappa shape index (κ2) is 7.38. The number of nitrogens with zero attached hydrogens (tertiary/aromatic N) is 3. The van der Waals surface area contributed by atoms with Gasteiger partial charge in [-0.05, 0) is 23.7 Å². The summed E-state index contributed by atoms with van der Waals surface area (Å²) < 4.78 is 10.3. The van der Waals surface area contributed by atoms with Crippen molar-refractivity contribution in [1.29, 1.82) is 0 Å². The smallest absolute Gasteiger partial charge is 0.224 e. The first-order valence-corrected chi connectivity index (χ1v) is 6.79. The van der Waals surface area contributed by atoms with Gasteiger partial charge in [0, 0.05) is 32.7 Å². The lowest BCUT2D eigenvalue weighted by atomic mass is 10.2. The summed E-state index contributed by atoms with van der Waals surface area (Å²) in [5.74, 6) is 0.815. The molecule has 0 fully saturated rings. The Morgan fingerprint density at radius 3 is 2.35 bits per heavy atom. The molecule has 1 aromatic heterocycles. The van der Waals surface area contributed by atoms with E-state index in [1.54, 1.807) is 14.2 Å². The Kier molecular flexibility index (Phi) is 5.52. The molecule has 1 heterocycles. The fourth-order valence-electron chi connectivity index (χ4n) is 2.00. The van der Waals surface area contributed by atoms with Gasteiger partial charge in [0.1, 0.15) is 5.82 Å². The average molecular weight is 296 g/mol. The van der Waals surface area contributed by atoms with Crippen LogP contribution in [0.5, 0.6) is 0 Å². The van der Waals surface area contributed by atoms with Crippen LogP contribution in [0.25, 0.3) is 10.9 Å². The lowest BCUT2D eigenvalue weighted by molar-refractivity contribution is 0.190. The number of para-hydroxylation sites is 1. The molecule has 0 radical (unpaired) electrons. The number of anilines is 1. The number of methoxy groups -OCH3 is 2. The zero-order valence-corrected chi connectivity index (χ0v) is 12.4. The molecule has 0 aliphatic rings. The van der Waals surface area contributed by atoms with Crippen LogP contribution in [0.4, 0.5) is 5.82 Å². The third-order valence-electron chi connectivity index (χ3n) is 2.99. The number of hydrogen-bond acceptors (Lipinski definition) is 5. The predicted octanol–water partition coefficient (Wildman–Crippen LogP) is 2.38. The maximum absolute atomic E-state index is 6.02. The first-order valence-electron chi connectivity index (χ1n) is 6.41. The zero-order chi connectivity index (χ0) is 14.4. The van der Waals surface area contributed by atoms with E-state index in [1.807, 2.05) is 24.3 Å². The molecule has 20 heavy (non-hydrogen) atoms. The molecule has 6 heteroatoms. The van der Waals surface area contributed by atoms with Gasteiger partial charge in [-0.15, -0.1) is 0 Å². The highest BCUT2D eigenvalue weighted by atomic mass is 35.5. The Hall–Kier alpha value is -1.43. The molecule has 108 valence electrons. The van der Waals surface area contributed by atoms with Crippen molar-refractivity contribution >= 4 is 28.3 Å². The highest BCUT2D eigenvalue weighted by Gasteiger charge is 2.13. The summed E-state index contributed by atoms with van der Waals surface area (Å²) in [6, 6.07) is 7.82. The minimum absolute atomic E-state index is 0.249. The topological polar surface area (TPSA) is 47.5 Å². The largest absolute Gasteiger partial charge is 0.383 e. The molecule has 0 unspecified atom stereocenters. The van der Waals surface area contributed by atoms with E-state index in [1.165, 1.54) is 0 Å². The Balaban J connectivity index is 2.39. The average Bonchev–Trinajstić information content (AvgIpc) is 2.46. The van der Waals surface area contributed by atoms with E-state index in [4.69, 9.17) is 21.1 Å². The number of benzene rings is 1. The van der Waals surface area contributed by atoms with Crippen LogP contribution in [0, 0.1) is 0 Å². The van der Waals surface area contributed by atoms with Crippen molar-refractivity contribution in [2.24, 2.45) is 0 Å². The number of halogens is 1. The van der Waals surface area contributed by atoms with Crippen molar-refractivity contribution in [2.75, 3.05) is 45.4 Å². The first kappa shape index (κ1) is 15.0. The van der Waals surface area contributed by atoms with Crippen LogP contribution in [0.3, 0.4) is 0 Å². The van der Waals surface area contributed by atoms with E-state index in [2.05, 4.69) is 14.9 Å². The van der Waals surface area contributed by atoms with Gasteiger partial charge < -0.3 is 14.4 Å². The van der Waals surface area contributed by atoms with E-state index >= 15 is 0 Å². The van der Waals surface area contributed by atoms with E-state index in [9.17, 15) is 0 Å². The molecule has 0 atom stereocenters. The highest BCUT2D eigenvalue weighted by Crippen LogP contribution is 2.25. The molecular weight excluding hydrogens is 278 g/mol. The fourth-order valence-corrected chi connectivity index (χ4v) is 2.17. The molecule has 0 spiro atoms. The molecule has 2 aromatic rings. The van der Waals surface area contributed by atoms with Crippen molar-refractivity contribution in [2.45, 2.75) is 0 Å². The third kappa shape index (κ3) is 3.56.